The first kappa shape index (κ1) is 18.3. The standard InChI is InChI=1S/C10H15.C2H5.2ClH.Zr/c1-7-6-10(4,5)9(3)8(7)2;1-2;;;/h1-5H3;1H2,2H3;2*1H;/q;;;;+2/p-2. The van der Waals surface area contributed by atoms with Crippen molar-refractivity contribution in [2.75, 3.05) is 0 Å². The van der Waals surface area contributed by atoms with Crippen LogP contribution in [-0.2, 0) is 23.2 Å². The van der Waals surface area contributed by atoms with Crippen molar-refractivity contribution in [3.63, 3.8) is 0 Å². The Morgan fingerprint density at radius 3 is 1.73 bits per heavy atom. The molecule has 1 aliphatic carbocycles. The van der Waals surface area contributed by atoms with Crippen molar-refractivity contribution in [1.29, 1.82) is 0 Å². The molecule has 0 nitrogen and oxygen atoms in total. The van der Waals surface area contributed by atoms with Crippen molar-refractivity contribution in [3.05, 3.63) is 20.0 Å². The van der Waals surface area contributed by atoms with Crippen LogP contribution in [0.4, 0.5) is 0 Å². The topological polar surface area (TPSA) is 0 Å². The predicted molar refractivity (Wildman–Crippen MR) is 55.3 cm³/mol. The van der Waals surface area contributed by atoms with E-state index < -0.39 is 0 Å². The van der Waals surface area contributed by atoms with Crippen LogP contribution >= 0.6 is 0 Å². The van der Waals surface area contributed by atoms with E-state index in [1.165, 1.54) is 4.13 Å². The second-order valence-corrected chi connectivity index (χ2v) is 8.24. The Balaban J connectivity index is 0. The fraction of sp³-hybridized carbons (Fsp3) is 0.667. The molecular weight excluding hydrogens is 306 g/mol. The second-order valence-electron chi connectivity index (χ2n) is 4.41. The van der Waals surface area contributed by atoms with Gasteiger partial charge in [-0.25, -0.2) is 0 Å². The molecule has 0 saturated carbocycles. The molecule has 0 aromatic heterocycles. The maximum Gasteiger partial charge on any atom is -1.00 e. The van der Waals surface area contributed by atoms with Crippen molar-refractivity contribution in [2.45, 2.75) is 45.7 Å². The fourth-order valence-electron chi connectivity index (χ4n) is 2.12. The van der Waals surface area contributed by atoms with E-state index >= 15 is 0 Å². The van der Waals surface area contributed by atoms with E-state index in [2.05, 4.69) is 41.5 Å². The third-order valence-corrected chi connectivity index (χ3v) is 7.61. The summed E-state index contributed by atoms with van der Waals surface area (Å²) in [5.41, 5.74) is 5.19. The summed E-state index contributed by atoms with van der Waals surface area (Å²) in [6.07, 6.45) is 0. The second kappa shape index (κ2) is 6.62. The number of hydrogen-bond donors (Lipinski definition) is 0. The zero-order chi connectivity index (χ0) is 10.2. The minimum absolute atomic E-state index is 0. The van der Waals surface area contributed by atoms with Gasteiger partial charge in [-0.15, -0.1) is 0 Å². The quantitative estimate of drug-likeness (QED) is 0.560. The Kier molecular flexibility index (Phi) is 8.09. The van der Waals surface area contributed by atoms with Crippen LogP contribution in [0, 0.1) is 5.41 Å². The summed E-state index contributed by atoms with van der Waals surface area (Å²) in [7, 11) is 0. The zero-order valence-corrected chi connectivity index (χ0v) is 14.4. The average Bonchev–Trinajstić information content (AvgIpc) is 2.20. The van der Waals surface area contributed by atoms with E-state index in [0.717, 1.165) is 0 Å². The molecule has 15 heavy (non-hydrogen) atoms. The van der Waals surface area contributed by atoms with Crippen LogP contribution in [0.3, 0.4) is 0 Å². The van der Waals surface area contributed by atoms with Crippen LogP contribution in [0.5, 0.6) is 0 Å². The Bertz CT molecular complexity index is 288. The molecule has 1 rings (SSSR count). The van der Waals surface area contributed by atoms with E-state index in [9.17, 15) is 0 Å². The average molecular weight is 326 g/mol. The first-order valence-corrected chi connectivity index (χ1v) is 8.03. The van der Waals surface area contributed by atoms with Gasteiger partial charge in [0.1, 0.15) is 0 Å². The largest absolute Gasteiger partial charge is 1.00 e. The van der Waals surface area contributed by atoms with Gasteiger partial charge in [0.25, 0.3) is 0 Å². The summed E-state index contributed by atoms with van der Waals surface area (Å²) >= 11 is -0.256. The molecule has 0 atom stereocenters. The van der Waals surface area contributed by atoms with E-state index in [1.807, 2.05) is 3.28 Å². The van der Waals surface area contributed by atoms with Gasteiger partial charge in [-0.1, -0.05) is 0 Å². The van der Waals surface area contributed by atoms with Gasteiger partial charge < -0.3 is 24.8 Å². The summed E-state index contributed by atoms with van der Waals surface area (Å²) in [6.45, 7) is 14.0. The smallest absolute Gasteiger partial charge is 1.00 e. The summed E-state index contributed by atoms with van der Waals surface area (Å²) in [4.78, 5) is 0. The predicted octanol–water partition coefficient (Wildman–Crippen LogP) is -1.83. The molecule has 0 N–H and O–H groups in total. The first-order chi connectivity index (χ1) is 5.92. The van der Waals surface area contributed by atoms with Crippen molar-refractivity contribution in [1.82, 2.24) is 0 Å². The van der Waals surface area contributed by atoms with Crippen LogP contribution in [0.1, 0.15) is 41.5 Å². The van der Waals surface area contributed by atoms with E-state index in [0.29, 0.717) is 5.41 Å². The molecule has 0 fully saturated rings. The molecule has 86 valence electrons. The third kappa shape index (κ3) is 3.21. The molecule has 0 aliphatic heterocycles. The Morgan fingerprint density at radius 1 is 1.00 bits per heavy atom. The van der Waals surface area contributed by atoms with Gasteiger partial charge in [0, 0.05) is 0 Å². The van der Waals surface area contributed by atoms with Gasteiger partial charge in [0.2, 0.25) is 0 Å². The normalized spacial score (nSPS) is 18.3. The van der Waals surface area contributed by atoms with Crippen molar-refractivity contribution in [2.24, 2.45) is 5.41 Å². The minimum atomic E-state index is -0.256. The van der Waals surface area contributed by atoms with Gasteiger partial charge in [0.05, 0.1) is 0 Å². The fourth-order valence-corrected chi connectivity index (χ4v) is 5.65. The maximum absolute atomic E-state index is 2.40. The molecule has 0 aromatic carbocycles. The van der Waals surface area contributed by atoms with Crippen LogP contribution < -0.4 is 24.8 Å². The Labute approximate surface area is 118 Å². The number of hydrogen-bond acceptors (Lipinski definition) is 0. The molecule has 0 amide bonds. The molecule has 0 heterocycles. The van der Waals surface area contributed by atoms with Gasteiger partial charge in [-0.2, -0.15) is 0 Å². The molecule has 1 aliphatic rings. The molecular formula is C12H20Cl2Zr. The number of allylic oxidation sites excluding steroid dienone is 4. The van der Waals surface area contributed by atoms with E-state index in [-0.39, 0.29) is 48.0 Å². The molecule has 0 radical (unpaired) electrons. The summed E-state index contributed by atoms with van der Waals surface area (Å²) in [5.74, 6) is 0. The van der Waals surface area contributed by atoms with Gasteiger partial charge in [-0.05, 0) is 0 Å². The van der Waals surface area contributed by atoms with Gasteiger partial charge >= 0.3 is 94.3 Å². The molecule has 0 unspecified atom stereocenters. The van der Waals surface area contributed by atoms with Crippen LogP contribution in [0.25, 0.3) is 0 Å². The SMILES string of the molecule is C[CH2][Zr+2][C]1=C(C)C(C)=C(C)C1(C)C.[Cl-].[Cl-]. The third-order valence-electron chi connectivity index (χ3n) is 3.42. The van der Waals surface area contributed by atoms with Crippen molar-refractivity contribution < 1.29 is 48.0 Å². The zero-order valence-electron chi connectivity index (χ0n) is 10.5. The van der Waals surface area contributed by atoms with Gasteiger partial charge in [0.15, 0.2) is 0 Å². The summed E-state index contributed by atoms with van der Waals surface area (Å²) in [6, 6.07) is 0. The van der Waals surface area contributed by atoms with E-state index in [4.69, 9.17) is 0 Å². The number of halogens is 2. The van der Waals surface area contributed by atoms with Crippen molar-refractivity contribution >= 4 is 0 Å². The Morgan fingerprint density at radius 2 is 1.47 bits per heavy atom. The summed E-state index contributed by atoms with van der Waals surface area (Å²) < 4.78 is 3.26. The Hall–Kier alpha value is 0.943. The summed E-state index contributed by atoms with van der Waals surface area (Å²) in [5, 5.41) is 0. The minimum Gasteiger partial charge on any atom is -1.00 e. The molecule has 0 saturated heterocycles. The van der Waals surface area contributed by atoms with Gasteiger partial charge in [-0.3, -0.25) is 0 Å². The van der Waals surface area contributed by atoms with Crippen LogP contribution in [0.2, 0.25) is 4.13 Å². The monoisotopic (exact) mass is 324 g/mol. The molecule has 0 spiro atoms. The first-order valence-electron chi connectivity index (χ1n) is 5.06. The van der Waals surface area contributed by atoms with E-state index in [1.54, 1.807) is 16.7 Å². The van der Waals surface area contributed by atoms with Crippen LogP contribution in [0.15, 0.2) is 20.0 Å². The molecule has 0 bridgehead atoms. The molecule has 3 heteroatoms. The van der Waals surface area contributed by atoms with Crippen LogP contribution in [-0.4, -0.2) is 0 Å². The maximum atomic E-state index is 2.40. The van der Waals surface area contributed by atoms with Crippen molar-refractivity contribution in [3.8, 4) is 0 Å². The number of rotatable bonds is 2. The molecule has 0 aromatic rings.